The molecule has 0 aliphatic heterocycles. The van der Waals surface area contributed by atoms with Gasteiger partial charge in [0.2, 0.25) is 5.91 Å². The molecule has 3 heteroatoms. The van der Waals surface area contributed by atoms with Gasteiger partial charge in [-0.3, -0.25) is 4.79 Å². The van der Waals surface area contributed by atoms with Crippen molar-refractivity contribution in [3.8, 4) is 0 Å². The first-order valence-corrected chi connectivity index (χ1v) is 4.07. The summed E-state index contributed by atoms with van der Waals surface area (Å²) in [7, 11) is 0. The van der Waals surface area contributed by atoms with Crippen molar-refractivity contribution in [1.82, 2.24) is 0 Å². The average molecular weight is 178 g/mol. The zero-order valence-electron chi connectivity index (χ0n) is 6.71. The molecule has 0 aromatic rings. The number of primary amides is 1. The number of rotatable bonds is 2. The molecule has 1 fully saturated rings. The molecule has 0 aromatic heterocycles. The molecule has 0 aromatic carbocycles. The fraction of sp³-hybridized carbons (Fsp3) is 0.875. The molecule has 66 valence electrons. The lowest BCUT2D eigenvalue weighted by Gasteiger charge is -2.19. The average Bonchev–Trinajstić information content (AvgIpc) is 1.88. The molecular formula is C8H16ClNO. The van der Waals surface area contributed by atoms with Crippen LogP contribution in [0.2, 0.25) is 0 Å². The van der Waals surface area contributed by atoms with Crippen LogP contribution in [0.1, 0.15) is 38.5 Å². The van der Waals surface area contributed by atoms with E-state index < -0.39 is 0 Å². The molecule has 0 spiro atoms. The molecule has 2 nitrogen and oxygen atoms in total. The summed E-state index contributed by atoms with van der Waals surface area (Å²) >= 11 is 0. The summed E-state index contributed by atoms with van der Waals surface area (Å²) in [6.45, 7) is 0. The van der Waals surface area contributed by atoms with Crippen LogP contribution >= 0.6 is 12.4 Å². The molecular weight excluding hydrogens is 162 g/mol. The van der Waals surface area contributed by atoms with E-state index in [0.29, 0.717) is 12.3 Å². The third-order valence-corrected chi connectivity index (χ3v) is 2.21. The van der Waals surface area contributed by atoms with Gasteiger partial charge in [0.1, 0.15) is 0 Å². The Morgan fingerprint density at radius 2 is 1.82 bits per heavy atom. The van der Waals surface area contributed by atoms with Crippen LogP contribution in [0.15, 0.2) is 0 Å². The zero-order valence-corrected chi connectivity index (χ0v) is 7.53. The van der Waals surface area contributed by atoms with Crippen molar-refractivity contribution in [3.63, 3.8) is 0 Å². The van der Waals surface area contributed by atoms with Crippen LogP contribution in [0.5, 0.6) is 0 Å². The van der Waals surface area contributed by atoms with E-state index in [1.807, 2.05) is 0 Å². The van der Waals surface area contributed by atoms with Crippen LogP contribution in [0.3, 0.4) is 0 Å². The van der Waals surface area contributed by atoms with Crippen molar-refractivity contribution in [2.75, 3.05) is 0 Å². The van der Waals surface area contributed by atoms with Crippen molar-refractivity contribution >= 4 is 18.3 Å². The van der Waals surface area contributed by atoms with Crippen molar-refractivity contribution in [1.29, 1.82) is 0 Å². The monoisotopic (exact) mass is 177 g/mol. The Labute approximate surface area is 73.9 Å². The molecule has 0 unspecified atom stereocenters. The van der Waals surface area contributed by atoms with Gasteiger partial charge in [-0.05, 0) is 18.8 Å². The topological polar surface area (TPSA) is 43.1 Å². The Kier molecular flexibility index (Phi) is 5.30. The summed E-state index contributed by atoms with van der Waals surface area (Å²) in [4.78, 5) is 10.5. The number of carbonyl (C=O) groups is 1. The standard InChI is InChI=1S/C8H15NO.ClH/c9-8(10)6-7-4-2-1-3-5-7;/h7H,1-6H2,(H2,9,10);1H. The van der Waals surface area contributed by atoms with Gasteiger partial charge in [-0.1, -0.05) is 19.3 Å². The minimum Gasteiger partial charge on any atom is -0.370 e. The minimum absolute atomic E-state index is 0. The van der Waals surface area contributed by atoms with Crippen LogP contribution in [-0.4, -0.2) is 5.91 Å². The van der Waals surface area contributed by atoms with Crippen LogP contribution in [-0.2, 0) is 4.79 Å². The van der Waals surface area contributed by atoms with Crippen LogP contribution in [0.25, 0.3) is 0 Å². The van der Waals surface area contributed by atoms with E-state index in [1.165, 1.54) is 32.1 Å². The van der Waals surface area contributed by atoms with Crippen LogP contribution < -0.4 is 5.73 Å². The molecule has 1 aliphatic carbocycles. The van der Waals surface area contributed by atoms with Gasteiger partial charge < -0.3 is 5.73 Å². The third-order valence-electron chi connectivity index (χ3n) is 2.21. The smallest absolute Gasteiger partial charge is 0.217 e. The second-order valence-electron chi connectivity index (χ2n) is 3.17. The first-order valence-electron chi connectivity index (χ1n) is 4.07. The molecule has 0 atom stereocenters. The molecule has 0 radical (unpaired) electrons. The second-order valence-corrected chi connectivity index (χ2v) is 3.17. The molecule has 2 N–H and O–H groups in total. The van der Waals surface area contributed by atoms with E-state index in [2.05, 4.69) is 0 Å². The van der Waals surface area contributed by atoms with Gasteiger partial charge in [-0.15, -0.1) is 12.4 Å². The predicted octanol–water partition coefficient (Wildman–Crippen LogP) is 1.86. The highest BCUT2D eigenvalue weighted by molar-refractivity contribution is 5.85. The van der Waals surface area contributed by atoms with Crippen molar-refractivity contribution in [2.24, 2.45) is 11.7 Å². The molecule has 0 saturated heterocycles. The summed E-state index contributed by atoms with van der Waals surface area (Å²) in [5.41, 5.74) is 5.08. The lowest BCUT2D eigenvalue weighted by Crippen LogP contribution is -2.18. The maximum atomic E-state index is 10.5. The van der Waals surface area contributed by atoms with E-state index in [-0.39, 0.29) is 18.3 Å². The summed E-state index contributed by atoms with van der Waals surface area (Å²) < 4.78 is 0. The van der Waals surface area contributed by atoms with E-state index in [0.717, 1.165) is 0 Å². The Morgan fingerprint density at radius 1 is 1.27 bits per heavy atom. The van der Waals surface area contributed by atoms with Crippen LogP contribution in [0.4, 0.5) is 0 Å². The molecule has 11 heavy (non-hydrogen) atoms. The first kappa shape index (κ1) is 10.8. The maximum Gasteiger partial charge on any atom is 0.217 e. The van der Waals surface area contributed by atoms with Gasteiger partial charge in [0.25, 0.3) is 0 Å². The number of carbonyl (C=O) groups excluding carboxylic acids is 1. The lowest BCUT2D eigenvalue weighted by atomic mass is 9.87. The molecule has 1 amide bonds. The lowest BCUT2D eigenvalue weighted by molar-refractivity contribution is -0.119. The molecule has 0 heterocycles. The van der Waals surface area contributed by atoms with E-state index in [4.69, 9.17) is 5.73 Å². The number of hydrogen-bond donors (Lipinski definition) is 1. The Balaban J connectivity index is 0.000001000. The van der Waals surface area contributed by atoms with Gasteiger partial charge in [0.15, 0.2) is 0 Å². The zero-order chi connectivity index (χ0) is 7.40. The van der Waals surface area contributed by atoms with Crippen molar-refractivity contribution < 1.29 is 4.79 Å². The highest BCUT2D eigenvalue weighted by Crippen LogP contribution is 2.25. The van der Waals surface area contributed by atoms with E-state index in [9.17, 15) is 4.79 Å². The predicted molar refractivity (Wildman–Crippen MR) is 47.6 cm³/mol. The van der Waals surface area contributed by atoms with Crippen LogP contribution in [0, 0.1) is 5.92 Å². The minimum atomic E-state index is -0.132. The molecule has 1 rings (SSSR count). The third kappa shape index (κ3) is 4.25. The number of halogens is 1. The largest absolute Gasteiger partial charge is 0.370 e. The fourth-order valence-corrected chi connectivity index (χ4v) is 1.68. The van der Waals surface area contributed by atoms with Gasteiger partial charge in [-0.2, -0.15) is 0 Å². The molecule has 1 aliphatic rings. The fourth-order valence-electron chi connectivity index (χ4n) is 1.68. The molecule has 1 saturated carbocycles. The summed E-state index contributed by atoms with van der Waals surface area (Å²) in [6.07, 6.45) is 6.96. The van der Waals surface area contributed by atoms with E-state index in [1.54, 1.807) is 0 Å². The SMILES string of the molecule is Cl.NC(=O)CC1CCCCC1. The second kappa shape index (κ2) is 5.42. The highest BCUT2D eigenvalue weighted by Gasteiger charge is 2.14. The van der Waals surface area contributed by atoms with E-state index >= 15 is 0 Å². The Morgan fingerprint density at radius 3 is 2.27 bits per heavy atom. The summed E-state index contributed by atoms with van der Waals surface area (Å²) in [5, 5.41) is 0. The van der Waals surface area contributed by atoms with Crippen molar-refractivity contribution in [2.45, 2.75) is 38.5 Å². The van der Waals surface area contributed by atoms with Gasteiger partial charge in [0, 0.05) is 6.42 Å². The maximum absolute atomic E-state index is 10.5. The Bertz CT molecular complexity index is 121. The molecule has 0 bridgehead atoms. The quantitative estimate of drug-likeness (QED) is 0.688. The van der Waals surface area contributed by atoms with Gasteiger partial charge >= 0.3 is 0 Å². The summed E-state index contributed by atoms with van der Waals surface area (Å²) in [6, 6.07) is 0. The van der Waals surface area contributed by atoms with Gasteiger partial charge in [0.05, 0.1) is 0 Å². The number of amides is 1. The first-order chi connectivity index (χ1) is 4.79. The number of nitrogens with two attached hydrogens (primary N) is 1. The number of hydrogen-bond acceptors (Lipinski definition) is 1. The van der Waals surface area contributed by atoms with Crippen molar-refractivity contribution in [3.05, 3.63) is 0 Å². The summed E-state index contributed by atoms with van der Waals surface area (Å²) in [5.74, 6) is 0.471. The van der Waals surface area contributed by atoms with Gasteiger partial charge in [-0.25, -0.2) is 0 Å². The Hall–Kier alpha value is -0.240. The normalized spacial score (nSPS) is 18.9. The highest BCUT2D eigenvalue weighted by atomic mass is 35.5.